The molecular weight excluding hydrogens is 420 g/mol. The van der Waals surface area contributed by atoms with Gasteiger partial charge in [0.1, 0.15) is 5.75 Å². The van der Waals surface area contributed by atoms with Gasteiger partial charge >= 0.3 is 0 Å². The summed E-state index contributed by atoms with van der Waals surface area (Å²) in [7, 11) is 0. The minimum absolute atomic E-state index is 0.151. The van der Waals surface area contributed by atoms with Gasteiger partial charge in [-0.15, -0.1) is 0 Å². The fourth-order valence-corrected chi connectivity index (χ4v) is 3.03. The lowest BCUT2D eigenvalue weighted by atomic mass is 10.1. The van der Waals surface area contributed by atoms with Gasteiger partial charge in [-0.05, 0) is 60.4 Å². The van der Waals surface area contributed by atoms with Crippen molar-refractivity contribution >= 4 is 35.4 Å². The number of carbonyl (C=O) groups is 1. The summed E-state index contributed by atoms with van der Waals surface area (Å²) in [5, 5.41) is 4.96. The number of amides is 1. The van der Waals surface area contributed by atoms with Crippen molar-refractivity contribution in [2.45, 2.75) is 13.8 Å². The number of carbonyl (C=O) groups excluding carboxylic acids is 1. The molecule has 0 heterocycles. The van der Waals surface area contributed by atoms with E-state index in [0.717, 1.165) is 22.3 Å². The third-order valence-corrected chi connectivity index (χ3v) is 5.18. The predicted octanol–water partition coefficient (Wildman–Crippen LogP) is 6.23. The average molecular weight is 445 g/mol. The van der Waals surface area contributed by atoms with Crippen LogP contribution >= 0.6 is 11.6 Å². The Kier molecular flexibility index (Phi) is 8.41. The van der Waals surface area contributed by atoms with E-state index < -0.39 is 0 Å². The fraction of sp³-hybridized carbons (Fsp3) is 0.111. The van der Waals surface area contributed by atoms with Crippen molar-refractivity contribution in [3.05, 3.63) is 112 Å². The summed E-state index contributed by atoms with van der Waals surface area (Å²) >= 11 is 6.18. The molecule has 0 saturated heterocycles. The maximum absolute atomic E-state index is 12.3. The first kappa shape index (κ1) is 23.0. The highest BCUT2D eigenvalue weighted by Crippen LogP contribution is 2.25. The average Bonchev–Trinajstić information content (AvgIpc) is 2.82. The van der Waals surface area contributed by atoms with Crippen LogP contribution in [0.5, 0.6) is 5.75 Å². The van der Waals surface area contributed by atoms with E-state index in [2.05, 4.69) is 10.5 Å². The smallest absolute Gasteiger partial charge is 0.277 e. The number of ether oxygens (including phenoxy) is 1. The van der Waals surface area contributed by atoms with Crippen LogP contribution in [0.4, 0.5) is 0 Å². The van der Waals surface area contributed by atoms with Gasteiger partial charge in [0.15, 0.2) is 6.61 Å². The predicted molar refractivity (Wildman–Crippen MR) is 133 cm³/mol. The van der Waals surface area contributed by atoms with Gasteiger partial charge in [0, 0.05) is 5.02 Å². The van der Waals surface area contributed by atoms with Gasteiger partial charge in [-0.1, -0.05) is 84.4 Å². The number of halogens is 1. The summed E-state index contributed by atoms with van der Waals surface area (Å²) in [6.45, 7) is 3.65. The molecule has 0 fully saturated rings. The van der Waals surface area contributed by atoms with Crippen molar-refractivity contribution in [2.24, 2.45) is 5.10 Å². The SMILES string of the molecule is Cc1cc(OCC(=O)NN=C(/C=C/c2ccccc2)/C=C/c2ccccc2)cc(C)c1Cl. The molecule has 0 aromatic heterocycles. The summed E-state index contributed by atoms with van der Waals surface area (Å²) < 4.78 is 5.60. The number of nitrogens with zero attached hydrogens (tertiary/aromatic N) is 1. The molecule has 162 valence electrons. The van der Waals surface area contributed by atoms with Crippen molar-refractivity contribution in [3.63, 3.8) is 0 Å². The van der Waals surface area contributed by atoms with Gasteiger partial charge in [-0.2, -0.15) is 5.10 Å². The van der Waals surface area contributed by atoms with E-state index >= 15 is 0 Å². The topological polar surface area (TPSA) is 50.7 Å². The van der Waals surface area contributed by atoms with Crippen LogP contribution in [-0.4, -0.2) is 18.2 Å². The largest absolute Gasteiger partial charge is 0.484 e. The quantitative estimate of drug-likeness (QED) is 0.330. The van der Waals surface area contributed by atoms with Crippen LogP contribution in [0.1, 0.15) is 22.3 Å². The molecule has 0 radical (unpaired) electrons. The summed E-state index contributed by atoms with van der Waals surface area (Å²) in [6.07, 6.45) is 7.58. The zero-order valence-corrected chi connectivity index (χ0v) is 18.8. The number of nitrogens with one attached hydrogen (secondary N) is 1. The van der Waals surface area contributed by atoms with E-state index in [4.69, 9.17) is 16.3 Å². The molecule has 0 unspecified atom stereocenters. The van der Waals surface area contributed by atoms with E-state index in [0.29, 0.717) is 16.5 Å². The van der Waals surface area contributed by atoms with Crippen molar-refractivity contribution in [2.75, 3.05) is 6.61 Å². The highest BCUT2D eigenvalue weighted by molar-refractivity contribution is 6.32. The molecule has 3 aromatic rings. The Labute approximate surface area is 193 Å². The van der Waals surface area contributed by atoms with Gasteiger partial charge in [-0.25, -0.2) is 5.43 Å². The van der Waals surface area contributed by atoms with Crippen LogP contribution in [0.3, 0.4) is 0 Å². The van der Waals surface area contributed by atoms with Crippen molar-refractivity contribution < 1.29 is 9.53 Å². The van der Waals surface area contributed by atoms with Gasteiger partial charge < -0.3 is 4.74 Å². The van der Waals surface area contributed by atoms with Gasteiger partial charge in [-0.3, -0.25) is 4.79 Å². The molecule has 4 nitrogen and oxygen atoms in total. The molecule has 0 saturated carbocycles. The molecule has 0 bridgehead atoms. The maximum atomic E-state index is 12.3. The fourth-order valence-electron chi connectivity index (χ4n) is 2.92. The van der Waals surface area contributed by atoms with Crippen LogP contribution in [0.2, 0.25) is 5.02 Å². The lowest BCUT2D eigenvalue weighted by Gasteiger charge is -2.09. The molecule has 32 heavy (non-hydrogen) atoms. The zero-order chi connectivity index (χ0) is 22.8. The minimum Gasteiger partial charge on any atom is -0.484 e. The minimum atomic E-state index is -0.353. The molecular formula is C27H25ClN2O2. The Morgan fingerprint density at radius 2 is 1.41 bits per heavy atom. The van der Waals surface area contributed by atoms with Crippen LogP contribution in [-0.2, 0) is 4.79 Å². The van der Waals surface area contributed by atoms with Crippen molar-refractivity contribution in [3.8, 4) is 5.75 Å². The Bertz CT molecular complexity index is 1060. The van der Waals surface area contributed by atoms with Crippen LogP contribution in [0.25, 0.3) is 12.2 Å². The number of hydrogen-bond donors (Lipinski definition) is 1. The number of rotatable bonds is 8. The normalized spacial score (nSPS) is 11.0. The number of allylic oxidation sites excluding steroid dienone is 2. The summed E-state index contributed by atoms with van der Waals surface area (Å²) in [6, 6.07) is 23.4. The van der Waals surface area contributed by atoms with E-state index in [1.165, 1.54) is 0 Å². The summed E-state index contributed by atoms with van der Waals surface area (Å²) in [5.74, 6) is 0.241. The molecule has 0 spiro atoms. The molecule has 5 heteroatoms. The van der Waals surface area contributed by atoms with Crippen LogP contribution in [0, 0.1) is 13.8 Å². The second kappa shape index (κ2) is 11.7. The standard InChI is InChI=1S/C27H25ClN2O2/c1-20-17-25(18-21(2)27(20)28)32-19-26(31)30-29-24(15-13-22-9-5-3-6-10-22)16-14-23-11-7-4-8-12-23/h3-18H,19H2,1-2H3,(H,30,31)/b15-13+,16-14+. The van der Waals surface area contributed by atoms with E-state index in [1.807, 2.05) is 111 Å². The Balaban J connectivity index is 1.67. The molecule has 0 atom stereocenters. The number of benzene rings is 3. The van der Waals surface area contributed by atoms with Gasteiger partial charge in [0.05, 0.1) is 5.71 Å². The second-order valence-corrected chi connectivity index (χ2v) is 7.60. The third kappa shape index (κ3) is 7.25. The number of hydrogen-bond acceptors (Lipinski definition) is 3. The van der Waals surface area contributed by atoms with Crippen LogP contribution in [0.15, 0.2) is 90.0 Å². The molecule has 1 N–H and O–H groups in total. The number of aryl methyl sites for hydroxylation is 2. The molecule has 0 aliphatic carbocycles. The molecule has 3 rings (SSSR count). The Morgan fingerprint density at radius 1 is 0.906 bits per heavy atom. The first-order valence-corrected chi connectivity index (χ1v) is 10.6. The Hall–Kier alpha value is -3.63. The maximum Gasteiger partial charge on any atom is 0.277 e. The summed E-state index contributed by atoms with van der Waals surface area (Å²) in [4.78, 5) is 12.3. The van der Waals surface area contributed by atoms with Gasteiger partial charge in [0.25, 0.3) is 5.91 Å². The highest BCUT2D eigenvalue weighted by atomic mass is 35.5. The lowest BCUT2D eigenvalue weighted by Crippen LogP contribution is -2.25. The second-order valence-electron chi connectivity index (χ2n) is 7.22. The molecule has 0 aliphatic heterocycles. The van der Waals surface area contributed by atoms with Crippen molar-refractivity contribution in [1.29, 1.82) is 0 Å². The Morgan fingerprint density at radius 3 is 1.91 bits per heavy atom. The zero-order valence-electron chi connectivity index (χ0n) is 18.1. The first-order valence-electron chi connectivity index (χ1n) is 10.2. The van der Waals surface area contributed by atoms with E-state index in [-0.39, 0.29) is 12.5 Å². The third-order valence-electron chi connectivity index (χ3n) is 4.58. The first-order chi connectivity index (χ1) is 15.5. The van der Waals surface area contributed by atoms with E-state index in [9.17, 15) is 4.79 Å². The van der Waals surface area contributed by atoms with Gasteiger partial charge in [0.2, 0.25) is 0 Å². The molecule has 0 aliphatic rings. The molecule has 1 amide bonds. The number of hydrazone groups is 1. The summed E-state index contributed by atoms with van der Waals surface area (Å²) in [5.41, 5.74) is 7.04. The van der Waals surface area contributed by atoms with Crippen molar-refractivity contribution in [1.82, 2.24) is 5.43 Å². The monoisotopic (exact) mass is 444 g/mol. The molecule has 3 aromatic carbocycles. The van der Waals surface area contributed by atoms with E-state index in [1.54, 1.807) is 0 Å². The lowest BCUT2D eigenvalue weighted by molar-refractivity contribution is -0.123. The van der Waals surface area contributed by atoms with Crippen LogP contribution < -0.4 is 10.2 Å². The highest BCUT2D eigenvalue weighted by Gasteiger charge is 2.06.